The molecule has 1 heterocycles. The van der Waals surface area contributed by atoms with Gasteiger partial charge >= 0.3 is 12.1 Å². The second-order valence-electron chi connectivity index (χ2n) is 5.54. The van der Waals surface area contributed by atoms with E-state index < -0.39 is 53.2 Å². The summed E-state index contributed by atoms with van der Waals surface area (Å²) in [6.45, 7) is 0. The molecule has 130 valence electrons. The fraction of sp³-hybridized carbons (Fsp3) is 0.250. The standard InChI is InChI=1S/C16H8F6N2O/c17-11-2-1-9(5-8(11)6-23)24-7-10(16(20,21)22)13-12(24)3-4-15(18,19)14(13)25/h1-2,5,7H,3-4H2. The van der Waals surface area contributed by atoms with Crippen LogP contribution in [0.2, 0.25) is 0 Å². The van der Waals surface area contributed by atoms with E-state index in [4.69, 9.17) is 5.26 Å². The van der Waals surface area contributed by atoms with Gasteiger partial charge in [-0.1, -0.05) is 0 Å². The van der Waals surface area contributed by atoms with E-state index in [1.165, 1.54) is 0 Å². The Bertz CT molecular complexity index is 920. The Kier molecular flexibility index (Phi) is 3.67. The number of aromatic nitrogens is 1. The summed E-state index contributed by atoms with van der Waals surface area (Å²) >= 11 is 0. The minimum atomic E-state index is -5.02. The van der Waals surface area contributed by atoms with Crippen LogP contribution >= 0.6 is 0 Å². The number of rotatable bonds is 1. The summed E-state index contributed by atoms with van der Waals surface area (Å²) in [6.07, 6.45) is -5.88. The Morgan fingerprint density at radius 2 is 1.92 bits per heavy atom. The monoisotopic (exact) mass is 358 g/mol. The molecule has 1 aliphatic rings. The van der Waals surface area contributed by atoms with Crippen LogP contribution in [0, 0.1) is 17.1 Å². The van der Waals surface area contributed by atoms with Gasteiger partial charge in [0.1, 0.15) is 11.9 Å². The van der Waals surface area contributed by atoms with Crippen LogP contribution in [0.1, 0.15) is 33.6 Å². The summed E-state index contributed by atoms with van der Waals surface area (Å²) in [6, 6.07) is 4.53. The lowest BCUT2D eigenvalue weighted by molar-refractivity contribution is -0.138. The average Bonchev–Trinajstić information content (AvgIpc) is 2.92. The number of benzene rings is 1. The van der Waals surface area contributed by atoms with Crippen molar-refractivity contribution >= 4 is 5.78 Å². The summed E-state index contributed by atoms with van der Waals surface area (Å²) in [4.78, 5) is 11.9. The fourth-order valence-electron chi connectivity index (χ4n) is 2.81. The molecule has 9 heteroatoms. The van der Waals surface area contributed by atoms with Gasteiger partial charge in [-0.3, -0.25) is 4.79 Å². The second kappa shape index (κ2) is 5.37. The van der Waals surface area contributed by atoms with Crippen molar-refractivity contribution in [2.45, 2.75) is 24.9 Å². The maximum atomic E-state index is 13.6. The van der Waals surface area contributed by atoms with Crippen molar-refractivity contribution < 1.29 is 31.1 Å². The molecule has 0 N–H and O–H groups in total. The van der Waals surface area contributed by atoms with E-state index in [9.17, 15) is 31.1 Å². The van der Waals surface area contributed by atoms with Gasteiger partial charge in [0.2, 0.25) is 5.78 Å². The molecule has 0 spiro atoms. The van der Waals surface area contributed by atoms with Crippen molar-refractivity contribution in [2.24, 2.45) is 0 Å². The Morgan fingerprint density at radius 1 is 1.24 bits per heavy atom. The lowest BCUT2D eigenvalue weighted by Gasteiger charge is -2.23. The summed E-state index contributed by atoms with van der Waals surface area (Å²) < 4.78 is 81.2. The van der Waals surface area contributed by atoms with Crippen LogP contribution in [-0.2, 0) is 12.6 Å². The first-order valence-corrected chi connectivity index (χ1v) is 7.00. The molecule has 0 unspecified atom stereocenters. The predicted octanol–water partition coefficient (Wildman–Crippen LogP) is 4.27. The number of hydrogen-bond donors (Lipinski definition) is 0. The SMILES string of the molecule is N#Cc1cc(-n2cc(C(F)(F)F)c3c2CCC(F)(F)C3=O)ccc1F. The van der Waals surface area contributed by atoms with Crippen LogP contribution in [0.5, 0.6) is 0 Å². The molecule has 3 nitrogen and oxygen atoms in total. The number of fused-ring (bicyclic) bond motifs is 1. The highest BCUT2D eigenvalue weighted by Crippen LogP contribution is 2.42. The van der Waals surface area contributed by atoms with E-state index >= 15 is 0 Å². The van der Waals surface area contributed by atoms with Gasteiger partial charge in [-0.15, -0.1) is 0 Å². The second-order valence-corrected chi connectivity index (χ2v) is 5.54. The molecule has 0 atom stereocenters. The Labute approximate surface area is 137 Å². The third-order valence-corrected chi connectivity index (χ3v) is 4.00. The molecule has 25 heavy (non-hydrogen) atoms. The highest BCUT2D eigenvalue weighted by Gasteiger charge is 2.50. The number of carbonyl (C=O) groups is 1. The smallest absolute Gasteiger partial charge is 0.319 e. The molecule has 3 rings (SSSR count). The van der Waals surface area contributed by atoms with E-state index in [2.05, 4.69) is 0 Å². The van der Waals surface area contributed by atoms with Crippen molar-refractivity contribution in [1.82, 2.24) is 4.57 Å². The summed E-state index contributed by atoms with van der Waals surface area (Å²) in [5.74, 6) is -6.63. The zero-order valence-electron chi connectivity index (χ0n) is 12.3. The quantitative estimate of drug-likeness (QED) is 0.715. The van der Waals surface area contributed by atoms with Crippen molar-refractivity contribution in [1.29, 1.82) is 5.26 Å². The molecule has 0 aliphatic heterocycles. The van der Waals surface area contributed by atoms with Gasteiger partial charge in [-0.2, -0.15) is 27.2 Å². The van der Waals surface area contributed by atoms with E-state index in [1.807, 2.05) is 0 Å². The lowest BCUT2D eigenvalue weighted by atomic mass is 9.90. The Hall–Kier alpha value is -2.76. The molecule has 1 aliphatic carbocycles. The van der Waals surface area contributed by atoms with Gasteiger partial charge in [0.25, 0.3) is 0 Å². The van der Waals surface area contributed by atoms with Gasteiger partial charge < -0.3 is 4.57 Å². The highest BCUT2D eigenvalue weighted by atomic mass is 19.4. The van der Waals surface area contributed by atoms with Crippen molar-refractivity contribution in [2.75, 3.05) is 0 Å². The molecule has 1 aromatic heterocycles. The molecule has 1 aromatic carbocycles. The largest absolute Gasteiger partial charge is 0.418 e. The first-order valence-electron chi connectivity index (χ1n) is 7.00. The average molecular weight is 358 g/mol. The van der Waals surface area contributed by atoms with Crippen molar-refractivity contribution in [3.63, 3.8) is 0 Å². The van der Waals surface area contributed by atoms with Gasteiger partial charge in [0.15, 0.2) is 0 Å². The van der Waals surface area contributed by atoms with Crippen molar-refractivity contribution in [3.8, 4) is 11.8 Å². The maximum absolute atomic E-state index is 13.6. The molecule has 0 fully saturated rings. The Morgan fingerprint density at radius 3 is 2.52 bits per heavy atom. The molecule has 0 bridgehead atoms. The van der Waals surface area contributed by atoms with E-state index in [0.29, 0.717) is 6.20 Å². The summed E-state index contributed by atoms with van der Waals surface area (Å²) in [5.41, 5.74) is -3.23. The number of nitriles is 1. The molecular formula is C16H8F6N2O. The number of Topliss-reactive ketones (excluding diaryl/α,β-unsaturated/α-hetero) is 1. The minimum Gasteiger partial charge on any atom is -0.319 e. The van der Waals surface area contributed by atoms with Gasteiger partial charge in [-0.25, -0.2) is 4.39 Å². The first-order chi connectivity index (χ1) is 11.6. The lowest BCUT2D eigenvalue weighted by Crippen LogP contribution is -2.35. The highest BCUT2D eigenvalue weighted by molar-refractivity contribution is 6.05. The van der Waals surface area contributed by atoms with E-state index in [0.717, 1.165) is 22.8 Å². The van der Waals surface area contributed by atoms with Crippen LogP contribution in [0.15, 0.2) is 24.4 Å². The number of carbonyl (C=O) groups excluding carboxylic acids is 1. The van der Waals surface area contributed by atoms with Gasteiger partial charge in [-0.05, 0) is 24.6 Å². The van der Waals surface area contributed by atoms with Crippen LogP contribution in [-0.4, -0.2) is 16.3 Å². The minimum absolute atomic E-state index is 0.0253. The molecule has 0 radical (unpaired) electrons. The number of alkyl halides is 5. The van der Waals surface area contributed by atoms with E-state index in [1.54, 1.807) is 6.07 Å². The van der Waals surface area contributed by atoms with Crippen LogP contribution < -0.4 is 0 Å². The normalized spacial score (nSPS) is 16.4. The van der Waals surface area contributed by atoms with Crippen LogP contribution in [0.3, 0.4) is 0 Å². The molecule has 2 aromatic rings. The van der Waals surface area contributed by atoms with Gasteiger partial charge in [0, 0.05) is 24.0 Å². The number of halogens is 6. The Balaban J connectivity index is 2.28. The van der Waals surface area contributed by atoms with E-state index in [-0.39, 0.29) is 11.4 Å². The first kappa shape index (κ1) is 17.1. The van der Waals surface area contributed by atoms with Crippen LogP contribution in [0.25, 0.3) is 5.69 Å². The summed E-state index contributed by atoms with van der Waals surface area (Å²) in [7, 11) is 0. The molecule has 0 amide bonds. The molecule has 0 saturated carbocycles. The maximum Gasteiger partial charge on any atom is 0.418 e. The number of ketones is 1. The summed E-state index contributed by atoms with van der Waals surface area (Å²) in [5, 5.41) is 8.84. The molecular weight excluding hydrogens is 350 g/mol. The van der Waals surface area contributed by atoms with Gasteiger partial charge in [0.05, 0.1) is 16.7 Å². The zero-order valence-corrected chi connectivity index (χ0v) is 12.3. The topological polar surface area (TPSA) is 45.8 Å². The third kappa shape index (κ3) is 2.67. The zero-order chi connectivity index (χ0) is 18.6. The van der Waals surface area contributed by atoms with Crippen LogP contribution in [0.4, 0.5) is 26.3 Å². The number of nitrogens with zero attached hydrogens (tertiary/aromatic N) is 2. The van der Waals surface area contributed by atoms with Crippen molar-refractivity contribution in [3.05, 3.63) is 52.6 Å². The number of hydrogen-bond acceptors (Lipinski definition) is 2. The fourth-order valence-corrected chi connectivity index (χ4v) is 2.81. The predicted molar refractivity (Wildman–Crippen MR) is 73.0 cm³/mol. The molecule has 0 saturated heterocycles. The third-order valence-electron chi connectivity index (χ3n) is 4.00.